The van der Waals surface area contributed by atoms with Gasteiger partial charge in [-0.25, -0.2) is 9.59 Å². The summed E-state index contributed by atoms with van der Waals surface area (Å²) in [7, 11) is 0. The SMILES string of the molecule is C=C(C)C(=O)OOC(C)OC(=O)OC(C)(C)c1ccc(C(C)C)cc1. The third-order valence-electron chi connectivity index (χ3n) is 3.48. The number of hydrogen-bond donors (Lipinski definition) is 0. The first kappa shape index (κ1) is 20.7. The summed E-state index contributed by atoms with van der Waals surface area (Å²) in [5.74, 6) is -0.322. The van der Waals surface area contributed by atoms with Crippen molar-refractivity contribution >= 4 is 12.1 Å². The van der Waals surface area contributed by atoms with Crippen molar-refractivity contribution in [2.45, 2.75) is 59.4 Å². The number of carbonyl (C=O) groups excluding carboxylic acids is 2. The Morgan fingerprint density at radius 1 is 1.08 bits per heavy atom. The van der Waals surface area contributed by atoms with Crippen LogP contribution in [0.2, 0.25) is 0 Å². The van der Waals surface area contributed by atoms with E-state index in [2.05, 4.69) is 30.2 Å². The zero-order valence-corrected chi connectivity index (χ0v) is 15.6. The lowest BCUT2D eigenvalue weighted by molar-refractivity contribution is -0.336. The Morgan fingerprint density at radius 3 is 2.12 bits per heavy atom. The van der Waals surface area contributed by atoms with Crippen molar-refractivity contribution in [3.8, 4) is 0 Å². The van der Waals surface area contributed by atoms with Gasteiger partial charge in [-0.3, -0.25) is 4.89 Å². The maximum Gasteiger partial charge on any atom is 0.511 e. The van der Waals surface area contributed by atoms with Crippen LogP contribution in [0.1, 0.15) is 58.6 Å². The van der Waals surface area contributed by atoms with Gasteiger partial charge >= 0.3 is 12.1 Å². The summed E-state index contributed by atoms with van der Waals surface area (Å²) in [6.45, 7) is 14.0. The predicted molar refractivity (Wildman–Crippen MR) is 92.6 cm³/mol. The Morgan fingerprint density at radius 2 is 1.64 bits per heavy atom. The molecule has 0 fully saturated rings. The molecule has 0 aromatic heterocycles. The molecule has 25 heavy (non-hydrogen) atoms. The third-order valence-corrected chi connectivity index (χ3v) is 3.48. The van der Waals surface area contributed by atoms with E-state index in [0.29, 0.717) is 5.92 Å². The van der Waals surface area contributed by atoms with Gasteiger partial charge in [0.1, 0.15) is 5.60 Å². The summed E-state index contributed by atoms with van der Waals surface area (Å²) in [5.41, 5.74) is 1.31. The first-order chi connectivity index (χ1) is 11.5. The molecule has 0 radical (unpaired) electrons. The van der Waals surface area contributed by atoms with Crippen molar-refractivity contribution in [2.75, 3.05) is 0 Å². The van der Waals surface area contributed by atoms with Gasteiger partial charge in [0.05, 0.1) is 0 Å². The van der Waals surface area contributed by atoms with Crippen LogP contribution in [0.5, 0.6) is 0 Å². The van der Waals surface area contributed by atoms with Crippen molar-refractivity contribution in [2.24, 2.45) is 0 Å². The minimum absolute atomic E-state index is 0.167. The average molecular weight is 350 g/mol. The molecule has 6 heteroatoms. The molecule has 0 heterocycles. The van der Waals surface area contributed by atoms with Crippen molar-refractivity contribution in [3.05, 3.63) is 47.5 Å². The molecule has 1 atom stereocenters. The summed E-state index contributed by atoms with van der Waals surface area (Å²) >= 11 is 0. The van der Waals surface area contributed by atoms with E-state index in [-0.39, 0.29) is 5.57 Å². The van der Waals surface area contributed by atoms with Gasteiger partial charge in [0.25, 0.3) is 0 Å². The molecule has 0 amide bonds. The summed E-state index contributed by atoms with van der Waals surface area (Å²) in [6, 6.07) is 7.83. The molecule has 0 aliphatic rings. The van der Waals surface area contributed by atoms with Gasteiger partial charge in [0.15, 0.2) is 0 Å². The predicted octanol–water partition coefficient (Wildman–Crippen LogP) is 4.60. The second-order valence-electron chi connectivity index (χ2n) is 6.57. The molecule has 0 spiro atoms. The quantitative estimate of drug-likeness (QED) is 0.235. The Bertz CT molecular complexity index is 615. The number of carbonyl (C=O) groups is 2. The van der Waals surface area contributed by atoms with Gasteiger partial charge < -0.3 is 9.47 Å². The van der Waals surface area contributed by atoms with Crippen LogP contribution in [0, 0.1) is 0 Å². The molecule has 1 unspecified atom stereocenters. The van der Waals surface area contributed by atoms with E-state index >= 15 is 0 Å². The fourth-order valence-electron chi connectivity index (χ4n) is 1.90. The minimum Gasteiger partial charge on any atom is -0.423 e. The van der Waals surface area contributed by atoms with E-state index in [0.717, 1.165) is 5.56 Å². The number of benzene rings is 1. The van der Waals surface area contributed by atoms with Gasteiger partial charge in [0, 0.05) is 12.5 Å². The van der Waals surface area contributed by atoms with Crippen LogP contribution in [0.4, 0.5) is 4.79 Å². The zero-order valence-electron chi connectivity index (χ0n) is 15.6. The molecule has 0 aliphatic carbocycles. The van der Waals surface area contributed by atoms with Crippen LogP contribution in [0.15, 0.2) is 36.4 Å². The highest BCUT2D eigenvalue weighted by Crippen LogP contribution is 2.27. The van der Waals surface area contributed by atoms with Crippen molar-refractivity contribution in [3.63, 3.8) is 0 Å². The van der Waals surface area contributed by atoms with Crippen LogP contribution >= 0.6 is 0 Å². The van der Waals surface area contributed by atoms with Crippen LogP contribution in [-0.4, -0.2) is 18.4 Å². The topological polar surface area (TPSA) is 71.1 Å². The second-order valence-corrected chi connectivity index (χ2v) is 6.57. The molecule has 0 saturated heterocycles. The van der Waals surface area contributed by atoms with Crippen LogP contribution in [0.25, 0.3) is 0 Å². The Hall–Kier alpha value is -2.34. The lowest BCUT2D eigenvalue weighted by Gasteiger charge is -2.26. The van der Waals surface area contributed by atoms with Crippen LogP contribution in [-0.2, 0) is 29.6 Å². The van der Waals surface area contributed by atoms with Crippen molar-refractivity contribution in [1.82, 2.24) is 0 Å². The van der Waals surface area contributed by atoms with Crippen molar-refractivity contribution < 1.29 is 28.8 Å². The van der Waals surface area contributed by atoms with E-state index in [1.807, 2.05) is 24.3 Å². The largest absolute Gasteiger partial charge is 0.511 e. The minimum atomic E-state index is -1.12. The van der Waals surface area contributed by atoms with Gasteiger partial charge in [-0.2, -0.15) is 0 Å². The van der Waals surface area contributed by atoms with Gasteiger partial charge in [-0.05, 0) is 37.8 Å². The lowest BCUT2D eigenvalue weighted by atomic mass is 9.94. The van der Waals surface area contributed by atoms with Crippen LogP contribution < -0.4 is 0 Å². The van der Waals surface area contributed by atoms with Crippen LogP contribution in [0.3, 0.4) is 0 Å². The summed E-state index contributed by atoms with van der Waals surface area (Å²) in [5, 5.41) is 0. The Kier molecular flexibility index (Phi) is 7.18. The normalized spacial score (nSPS) is 12.4. The monoisotopic (exact) mass is 350 g/mol. The Balaban J connectivity index is 2.59. The summed E-state index contributed by atoms with van der Waals surface area (Å²) < 4.78 is 10.3. The molecule has 0 N–H and O–H groups in total. The van der Waals surface area contributed by atoms with Gasteiger partial charge in [-0.15, -0.1) is 4.89 Å². The van der Waals surface area contributed by atoms with E-state index in [4.69, 9.17) is 9.47 Å². The smallest absolute Gasteiger partial charge is 0.423 e. The van der Waals surface area contributed by atoms with E-state index in [1.165, 1.54) is 19.4 Å². The first-order valence-electron chi connectivity index (χ1n) is 8.06. The molecule has 0 bridgehead atoms. The van der Waals surface area contributed by atoms with Crippen molar-refractivity contribution in [1.29, 1.82) is 0 Å². The fourth-order valence-corrected chi connectivity index (χ4v) is 1.90. The molecular weight excluding hydrogens is 324 g/mol. The molecular formula is C19H26O6. The highest BCUT2D eigenvalue weighted by atomic mass is 17.2. The van der Waals surface area contributed by atoms with Gasteiger partial charge in [-0.1, -0.05) is 44.7 Å². The highest BCUT2D eigenvalue weighted by Gasteiger charge is 2.27. The maximum absolute atomic E-state index is 11.9. The van der Waals surface area contributed by atoms with E-state index in [1.54, 1.807) is 13.8 Å². The molecule has 0 aliphatic heterocycles. The summed E-state index contributed by atoms with van der Waals surface area (Å²) in [6.07, 6.45) is -2.05. The molecule has 6 nitrogen and oxygen atoms in total. The number of ether oxygens (including phenoxy) is 2. The molecule has 138 valence electrons. The molecule has 1 aromatic carbocycles. The number of hydrogen-bond acceptors (Lipinski definition) is 6. The summed E-state index contributed by atoms with van der Waals surface area (Å²) in [4.78, 5) is 32.2. The molecule has 1 rings (SSSR count). The van der Waals surface area contributed by atoms with Gasteiger partial charge in [0.2, 0.25) is 6.29 Å². The first-order valence-corrected chi connectivity index (χ1v) is 8.06. The average Bonchev–Trinajstić information content (AvgIpc) is 2.51. The Labute approximate surface area is 148 Å². The fraction of sp³-hybridized carbons (Fsp3) is 0.474. The van der Waals surface area contributed by atoms with E-state index < -0.39 is 24.0 Å². The number of rotatable bonds is 7. The highest BCUT2D eigenvalue weighted by molar-refractivity contribution is 5.86. The second kappa shape index (κ2) is 8.67. The molecule has 1 aromatic rings. The standard InChI is InChI=1S/C19H26O6/c1-12(2)15-8-10-16(11-9-15)19(6,7)23-18(21)22-14(5)24-25-17(20)13(3)4/h8-12,14H,3H2,1-2,4-7H3. The van der Waals surface area contributed by atoms with E-state index in [9.17, 15) is 9.59 Å². The third kappa shape index (κ3) is 6.58. The molecule has 0 saturated carbocycles. The zero-order chi connectivity index (χ0) is 19.2. The lowest BCUT2D eigenvalue weighted by Crippen LogP contribution is -2.29. The maximum atomic E-state index is 11.9.